The first-order valence-corrected chi connectivity index (χ1v) is 11.6. The minimum Gasteiger partial charge on any atom is -0.470 e. The summed E-state index contributed by atoms with van der Waals surface area (Å²) in [6.07, 6.45) is -0.797. The van der Waals surface area contributed by atoms with Crippen LogP contribution in [0.15, 0.2) is 24.5 Å². The number of fused-ring (bicyclic) bond motifs is 1. The maximum absolute atomic E-state index is 13.1. The summed E-state index contributed by atoms with van der Waals surface area (Å²) >= 11 is 6.06. The molecule has 0 aromatic carbocycles. The summed E-state index contributed by atoms with van der Waals surface area (Å²) in [5.74, 6) is -5.82. The van der Waals surface area contributed by atoms with Crippen LogP contribution in [0.3, 0.4) is 0 Å². The summed E-state index contributed by atoms with van der Waals surface area (Å²) in [5, 5.41) is 5.14. The molecule has 1 aliphatic rings. The van der Waals surface area contributed by atoms with Crippen LogP contribution in [0.1, 0.15) is 58.3 Å². The van der Waals surface area contributed by atoms with Gasteiger partial charge in [0.05, 0.1) is 6.04 Å². The van der Waals surface area contributed by atoms with Crippen LogP contribution in [0.25, 0.3) is 0 Å². The van der Waals surface area contributed by atoms with Crippen molar-refractivity contribution in [3.63, 3.8) is 0 Å². The number of rotatable bonds is 11. The molecule has 200 valence electrons. The van der Waals surface area contributed by atoms with E-state index in [1.54, 1.807) is 6.92 Å². The molecule has 0 radical (unpaired) electrons. The lowest BCUT2D eigenvalue weighted by molar-refractivity contribution is -0.148. The molecule has 3 rings (SSSR count). The first kappa shape index (κ1) is 28.1. The van der Waals surface area contributed by atoms with Gasteiger partial charge in [-0.3, -0.25) is 19.4 Å². The molecule has 0 spiro atoms. The number of hydrogen-bond donors (Lipinski definition) is 2. The number of pyridine rings is 2. The van der Waals surface area contributed by atoms with E-state index in [1.807, 2.05) is 0 Å². The first-order valence-electron chi connectivity index (χ1n) is 11.2. The molecule has 14 heteroatoms. The molecule has 9 nitrogen and oxygen atoms in total. The van der Waals surface area contributed by atoms with Gasteiger partial charge in [0.15, 0.2) is 6.61 Å². The largest absolute Gasteiger partial charge is 0.470 e. The van der Waals surface area contributed by atoms with Gasteiger partial charge >= 0.3 is 12.3 Å². The van der Waals surface area contributed by atoms with Crippen molar-refractivity contribution in [1.82, 2.24) is 25.5 Å². The van der Waals surface area contributed by atoms with E-state index in [1.165, 1.54) is 36.4 Å². The van der Waals surface area contributed by atoms with E-state index >= 15 is 0 Å². The Kier molecular flexibility index (Phi) is 8.89. The molecule has 3 amide bonds. The summed E-state index contributed by atoms with van der Waals surface area (Å²) in [4.78, 5) is 46.1. The molecule has 1 atom stereocenters. The van der Waals surface area contributed by atoms with Crippen molar-refractivity contribution in [3.8, 4) is 5.88 Å². The highest BCUT2D eigenvalue weighted by atomic mass is 35.5. The fourth-order valence-electron chi connectivity index (χ4n) is 3.58. The molecular formula is C23H24ClF4N5O4. The standard InChI is InChI=1S/C23H24ClF4N5O4/c1-12(14-8-17(24)20(32-9-14)37-11-23(27,28)22(25)26)33-10-16-15(21(33)36)4-7-30-18(16)19(35)31-6-3-5-29-13(2)34/h4,7-9,12,22H,3,5-6,10-11H2,1-2H3,(H,29,34)(H,31,35). The second kappa shape index (κ2) is 11.7. The number of alkyl halides is 4. The van der Waals surface area contributed by atoms with E-state index < -0.39 is 36.8 Å². The molecule has 1 unspecified atom stereocenters. The summed E-state index contributed by atoms with van der Waals surface area (Å²) in [6.45, 7) is 2.22. The van der Waals surface area contributed by atoms with Gasteiger partial charge in [0, 0.05) is 50.1 Å². The maximum atomic E-state index is 13.1. The second-order valence-corrected chi connectivity index (χ2v) is 8.70. The molecule has 2 aromatic rings. The van der Waals surface area contributed by atoms with E-state index in [-0.39, 0.29) is 29.1 Å². The third-order valence-corrected chi connectivity index (χ3v) is 5.87. The maximum Gasteiger partial charge on any atom is 0.340 e. The van der Waals surface area contributed by atoms with Crippen molar-refractivity contribution in [1.29, 1.82) is 0 Å². The van der Waals surface area contributed by atoms with Crippen LogP contribution in [0, 0.1) is 0 Å². The van der Waals surface area contributed by atoms with Crippen LogP contribution in [0.4, 0.5) is 17.6 Å². The van der Waals surface area contributed by atoms with Gasteiger partial charge < -0.3 is 20.3 Å². The number of amides is 3. The van der Waals surface area contributed by atoms with Crippen molar-refractivity contribution in [2.45, 2.75) is 45.2 Å². The molecule has 2 N–H and O–H groups in total. The molecule has 0 bridgehead atoms. The van der Waals surface area contributed by atoms with Crippen LogP contribution in [-0.4, -0.2) is 64.6 Å². The number of aromatic nitrogens is 2. The lowest BCUT2D eigenvalue weighted by atomic mass is 10.1. The predicted octanol–water partition coefficient (Wildman–Crippen LogP) is 3.38. The topological polar surface area (TPSA) is 114 Å². The zero-order chi connectivity index (χ0) is 27.3. The van der Waals surface area contributed by atoms with Gasteiger partial charge in [-0.05, 0) is 31.0 Å². The monoisotopic (exact) mass is 545 g/mol. The highest BCUT2D eigenvalue weighted by molar-refractivity contribution is 6.31. The predicted molar refractivity (Wildman–Crippen MR) is 124 cm³/mol. The Morgan fingerprint density at radius 3 is 2.59 bits per heavy atom. The molecule has 2 aromatic heterocycles. The Morgan fingerprint density at radius 1 is 1.24 bits per heavy atom. The average molecular weight is 546 g/mol. The highest BCUT2D eigenvalue weighted by Gasteiger charge is 2.42. The first-order chi connectivity index (χ1) is 17.4. The van der Waals surface area contributed by atoms with Gasteiger partial charge in [-0.15, -0.1) is 0 Å². The van der Waals surface area contributed by atoms with Crippen LogP contribution in [0.2, 0.25) is 5.02 Å². The van der Waals surface area contributed by atoms with Gasteiger partial charge in [-0.25, -0.2) is 13.8 Å². The molecule has 3 heterocycles. The smallest absolute Gasteiger partial charge is 0.340 e. The zero-order valence-electron chi connectivity index (χ0n) is 19.9. The Bertz CT molecular complexity index is 1180. The Balaban J connectivity index is 1.69. The Hall–Kier alpha value is -3.48. The Labute approximate surface area is 214 Å². The van der Waals surface area contributed by atoms with E-state index in [2.05, 4.69) is 25.3 Å². The number of carbonyl (C=O) groups excluding carboxylic acids is 3. The molecule has 37 heavy (non-hydrogen) atoms. The fraction of sp³-hybridized carbons (Fsp3) is 0.435. The average Bonchev–Trinajstić information content (AvgIpc) is 3.18. The number of nitrogens with one attached hydrogen (secondary N) is 2. The lowest BCUT2D eigenvalue weighted by Gasteiger charge is -2.25. The van der Waals surface area contributed by atoms with Crippen molar-refractivity contribution in [2.75, 3.05) is 19.7 Å². The number of ether oxygens (including phenoxy) is 1. The van der Waals surface area contributed by atoms with Crippen molar-refractivity contribution in [2.24, 2.45) is 0 Å². The molecular weight excluding hydrogens is 522 g/mol. The molecule has 0 saturated heterocycles. The van der Waals surface area contributed by atoms with Crippen molar-refractivity contribution >= 4 is 29.3 Å². The van der Waals surface area contributed by atoms with E-state index in [9.17, 15) is 31.9 Å². The van der Waals surface area contributed by atoms with Crippen LogP contribution >= 0.6 is 11.6 Å². The Morgan fingerprint density at radius 2 is 1.95 bits per heavy atom. The zero-order valence-corrected chi connectivity index (χ0v) is 20.6. The highest BCUT2D eigenvalue weighted by Crippen LogP contribution is 2.34. The van der Waals surface area contributed by atoms with Crippen LogP contribution in [-0.2, 0) is 11.3 Å². The van der Waals surface area contributed by atoms with Gasteiger partial charge in [-0.2, -0.15) is 8.78 Å². The summed E-state index contributed by atoms with van der Waals surface area (Å²) < 4.78 is 55.6. The van der Waals surface area contributed by atoms with Gasteiger partial charge in [-0.1, -0.05) is 11.6 Å². The minimum atomic E-state index is -4.37. The van der Waals surface area contributed by atoms with E-state index in [0.717, 1.165) is 0 Å². The number of carbonyl (C=O) groups is 3. The number of hydrogen-bond acceptors (Lipinski definition) is 6. The van der Waals surface area contributed by atoms with E-state index in [4.69, 9.17) is 11.6 Å². The van der Waals surface area contributed by atoms with Gasteiger partial charge in [0.1, 0.15) is 10.7 Å². The fourth-order valence-corrected chi connectivity index (χ4v) is 3.81. The normalized spacial score (nSPS) is 13.9. The third-order valence-electron chi connectivity index (χ3n) is 5.60. The SMILES string of the molecule is CC(=O)NCCCNC(=O)c1nccc2c1CN(C(C)c1cnc(OCC(F)(F)C(F)F)c(Cl)c1)C2=O. The van der Waals surface area contributed by atoms with Crippen LogP contribution in [0.5, 0.6) is 5.88 Å². The molecule has 0 fully saturated rings. The van der Waals surface area contributed by atoms with E-state index in [0.29, 0.717) is 36.2 Å². The number of nitrogens with zero attached hydrogens (tertiary/aromatic N) is 3. The summed E-state index contributed by atoms with van der Waals surface area (Å²) in [6, 6.07) is 2.24. The summed E-state index contributed by atoms with van der Waals surface area (Å²) in [7, 11) is 0. The molecule has 1 aliphatic heterocycles. The van der Waals surface area contributed by atoms with Gasteiger partial charge in [0.2, 0.25) is 11.8 Å². The van der Waals surface area contributed by atoms with Crippen LogP contribution < -0.4 is 15.4 Å². The quantitative estimate of drug-likeness (QED) is 0.331. The van der Waals surface area contributed by atoms with Crippen molar-refractivity contribution in [3.05, 3.63) is 51.9 Å². The third kappa shape index (κ3) is 6.64. The molecule has 0 aliphatic carbocycles. The number of halogens is 5. The minimum absolute atomic E-state index is 0.0638. The van der Waals surface area contributed by atoms with Gasteiger partial charge in [0.25, 0.3) is 11.8 Å². The summed E-state index contributed by atoms with van der Waals surface area (Å²) in [5.41, 5.74) is 1.27. The van der Waals surface area contributed by atoms with Crippen molar-refractivity contribution < 1.29 is 36.7 Å². The molecule has 0 saturated carbocycles. The second-order valence-electron chi connectivity index (χ2n) is 8.29. The lowest BCUT2D eigenvalue weighted by Crippen LogP contribution is -2.34.